The van der Waals surface area contributed by atoms with Crippen LogP contribution in [-0.2, 0) is 4.79 Å². The molecule has 1 aliphatic heterocycles. The summed E-state index contributed by atoms with van der Waals surface area (Å²) in [6, 6.07) is 9.26. The van der Waals surface area contributed by atoms with Gasteiger partial charge < -0.3 is 5.11 Å². The molecular formula is C16H8Cl3NO3S. The van der Waals surface area contributed by atoms with Gasteiger partial charge in [0.15, 0.2) is 0 Å². The molecule has 1 saturated heterocycles. The molecule has 122 valence electrons. The molecule has 0 atom stereocenters. The summed E-state index contributed by atoms with van der Waals surface area (Å²) < 4.78 is 0. The molecule has 2 amide bonds. The Morgan fingerprint density at radius 3 is 2.50 bits per heavy atom. The van der Waals surface area contributed by atoms with E-state index in [2.05, 4.69) is 0 Å². The van der Waals surface area contributed by atoms with Crippen molar-refractivity contribution < 1.29 is 14.7 Å². The summed E-state index contributed by atoms with van der Waals surface area (Å²) in [5, 5.41) is 10.3. The van der Waals surface area contributed by atoms with Crippen LogP contribution in [-0.4, -0.2) is 16.3 Å². The number of benzene rings is 2. The second-order valence-electron chi connectivity index (χ2n) is 4.82. The average Bonchev–Trinajstić information content (AvgIpc) is 2.78. The van der Waals surface area contributed by atoms with Crippen molar-refractivity contribution in [1.82, 2.24) is 0 Å². The van der Waals surface area contributed by atoms with E-state index in [1.54, 1.807) is 18.2 Å². The Balaban J connectivity index is 2.00. The van der Waals surface area contributed by atoms with E-state index in [-0.39, 0.29) is 21.2 Å². The number of aromatic hydroxyl groups is 1. The summed E-state index contributed by atoms with van der Waals surface area (Å²) >= 11 is 18.4. The Morgan fingerprint density at radius 1 is 1.04 bits per heavy atom. The molecule has 2 aromatic carbocycles. The molecular weight excluding hydrogens is 393 g/mol. The molecule has 0 radical (unpaired) electrons. The maximum atomic E-state index is 12.5. The Labute approximate surface area is 156 Å². The maximum absolute atomic E-state index is 12.5. The number of carbonyl (C=O) groups excluding carboxylic acids is 2. The summed E-state index contributed by atoms with van der Waals surface area (Å²) in [4.78, 5) is 25.9. The summed E-state index contributed by atoms with van der Waals surface area (Å²) in [7, 11) is 0. The van der Waals surface area contributed by atoms with E-state index < -0.39 is 11.1 Å². The molecule has 0 spiro atoms. The lowest BCUT2D eigenvalue weighted by atomic mass is 10.2. The van der Waals surface area contributed by atoms with Crippen molar-refractivity contribution in [3.8, 4) is 5.75 Å². The van der Waals surface area contributed by atoms with Gasteiger partial charge in [-0.2, -0.15) is 0 Å². The van der Waals surface area contributed by atoms with Crippen LogP contribution in [0.1, 0.15) is 5.56 Å². The standard InChI is InChI=1S/C16H8Cl3NO3S/c17-9-2-1-3-11(6-9)20-15(22)13(24-16(20)23)5-8-4-10(18)7-12(19)14(8)21/h1-7,21H/b13-5+. The number of hydrogen-bond acceptors (Lipinski definition) is 4. The molecule has 3 rings (SSSR count). The zero-order valence-corrected chi connectivity index (χ0v) is 14.9. The van der Waals surface area contributed by atoms with Gasteiger partial charge in [0.2, 0.25) is 0 Å². The summed E-state index contributed by atoms with van der Waals surface area (Å²) in [6.07, 6.45) is 1.38. The largest absolute Gasteiger partial charge is 0.506 e. The van der Waals surface area contributed by atoms with Gasteiger partial charge in [0.1, 0.15) is 5.75 Å². The second kappa shape index (κ2) is 6.69. The number of halogens is 3. The van der Waals surface area contributed by atoms with Gasteiger partial charge in [-0.3, -0.25) is 9.59 Å². The van der Waals surface area contributed by atoms with Crippen LogP contribution in [0.2, 0.25) is 15.1 Å². The number of thioether (sulfide) groups is 1. The van der Waals surface area contributed by atoms with E-state index in [4.69, 9.17) is 34.8 Å². The molecule has 4 nitrogen and oxygen atoms in total. The molecule has 0 aromatic heterocycles. The van der Waals surface area contributed by atoms with Crippen LogP contribution in [0, 0.1) is 0 Å². The molecule has 24 heavy (non-hydrogen) atoms. The first-order valence-electron chi connectivity index (χ1n) is 6.58. The van der Waals surface area contributed by atoms with E-state index in [0.717, 1.165) is 16.7 Å². The SMILES string of the molecule is O=C1S/C(=C/c2cc(Cl)cc(Cl)c2O)C(=O)N1c1cccc(Cl)c1. The highest BCUT2D eigenvalue weighted by Gasteiger charge is 2.36. The summed E-state index contributed by atoms with van der Waals surface area (Å²) in [5.41, 5.74) is 0.630. The number of phenols is 1. The molecule has 2 aromatic rings. The van der Waals surface area contributed by atoms with Crippen LogP contribution in [0.3, 0.4) is 0 Å². The van der Waals surface area contributed by atoms with Gasteiger partial charge in [-0.15, -0.1) is 0 Å². The highest BCUT2D eigenvalue weighted by molar-refractivity contribution is 8.19. The number of anilines is 1. The number of rotatable bonds is 2. The van der Waals surface area contributed by atoms with Crippen molar-refractivity contribution in [2.45, 2.75) is 0 Å². The molecule has 1 aliphatic rings. The molecule has 8 heteroatoms. The van der Waals surface area contributed by atoms with Gasteiger partial charge in [0.25, 0.3) is 11.1 Å². The minimum absolute atomic E-state index is 0.0582. The molecule has 1 fully saturated rings. The maximum Gasteiger partial charge on any atom is 0.298 e. The number of hydrogen-bond donors (Lipinski definition) is 1. The van der Waals surface area contributed by atoms with E-state index in [1.807, 2.05) is 0 Å². The molecule has 1 N–H and O–H groups in total. The number of nitrogens with zero attached hydrogens (tertiary/aromatic N) is 1. The fourth-order valence-corrected chi connectivity index (χ4v) is 3.67. The Kier molecular flexibility index (Phi) is 4.78. The van der Waals surface area contributed by atoms with E-state index in [1.165, 1.54) is 24.3 Å². The number of phenolic OH excluding ortho intramolecular Hbond substituents is 1. The lowest BCUT2D eigenvalue weighted by Crippen LogP contribution is -2.27. The Morgan fingerprint density at radius 2 is 1.79 bits per heavy atom. The van der Waals surface area contributed by atoms with Crippen molar-refractivity contribution in [2.24, 2.45) is 0 Å². The summed E-state index contributed by atoms with van der Waals surface area (Å²) in [5.74, 6) is -0.724. The molecule has 1 heterocycles. The quantitative estimate of drug-likeness (QED) is 0.667. The molecule has 0 aliphatic carbocycles. The van der Waals surface area contributed by atoms with Gasteiger partial charge in [-0.25, -0.2) is 4.90 Å². The molecule has 0 bridgehead atoms. The fraction of sp³-hybridized carbons (Fsp3) is 0. The minimum Gasteiger partial charge on any atom is -0.506 e. The van der Waals surface area contributed by atoms with Crippen LogP contribution in [0.15, 0.2) is 41.3 Å². The number of imide groups is 1. The Bertz CT molecular complexity index is 898. The van der Waals surface area contributed by atoms with Gasteiger partial charge in [-0.1, -0.05) is 40.9 Å². The normalized spacial score (nSPS) is 16.3. The smallest absolute Gasteiger partial charge is 0.298 e. The average molecular weight is 401 g/mol. The lowest BCUT2D eigenvalue weighted by molar-refractivity contribution is -0.113. The van der Waals surface area contributed by atoms with Crippen LogP contribution >= 0.6 is 46.6 Å². The molecule has 0 unspecified atom stereocenters. The van der Waals surface area contributed by atoms with Crippen molar-refractivity contribution in [3.05, 3.63) is 61.9 Å². The van der Waals surface area contributed by atoms with Crippen LogP contribution in [0.25, 0.3) is 6.08 Å². The second-order valence-corrected chi connectivity index (χ2v) is 7.10. The minimum atomic E-state index is -0.511. The Hall–Kier alpha value is -1.66. The van der Waals surface area contributed by atoms with Gasteiger partial charge in [0, 0.05) is 15.6 Å². The van der Waals surface area contributed by atoms with E-state index in [0.29, 0.717) is 15.7 Å². The highest BCUT2D eigenvalue weighted by Crippen LogP contribution is 2.39. The van der Waals surface area contributed by atoms with Crippen LogP contribution in [0.5, 0.6) is 5.75 Å². The molecule has 0 saturated carbocycles. The fourth-order valence-electron chi connectivity index (χ4n) is 2.14. The monoisotopic (exact) mass is 399 g/mol. The third-order valence-electron chi connectivity index (χ3n) is 3.20. The predicted molar refractivity (Wildman–Crippen MR) is 98.0 cm³/mol. The van der Waals surface area contributed by atoms with Crippen molar-refractivity contribution >= 4 is 69.5 Å². The zero-order chi connectivity index (χ0) is 17.4. The van der Waals surface area contributed by atoms with Crippen molar-refractivity contribution in [3.63, 3.8) is 0 Å². The number of amides is 2. The predicted octanol–water partition coefficient (Wildman–Crippen LogP) is 5.59. The highest BCUT2D eigenvalue weighted by atomic mass is 35.5. The van der Waals surface area contributed by atoms with E-state index in [9.17, 15) is 14.7 Å². The van der Waals surface area contributed by atoms with E-state index >= 15 is 0 Å². The first kappa shape index (κ1) is 17.2. The van der Waals surface area contributed by atoms with Crippen molar-refractivity contribution in [1.29, 1.82) is 0 Å². The summed E-state index contributed by atoms with van der Waals surface area (Å²) in [6.45, 7) is 0. The van der Waals surface area contributed by atoms with Crippen LogP contribution < -0.4 is 4.90 Å². The number of carbonyl (C=O) groups is 2. The van der Waals surface area contributed by atoms with Crippen LogP contribution in [0.4, 0.5) is 10.5 Å². The zero-order valence-electron chi connectivity index (χ0n) is 11.8. The third-order valence-corrected chi connectivity index (χ3v) is 4.82. The van der Waals surface area contributed by atoms with Gasteiger partial charge >= 0.3 is 0 Å². The first-order valence-corrected chi connectivity index (χ1v) is 8.53. The van der Waals surface area contributed by atoms with Gasteiger partial charge in [-0.05, 0) is 48.2 Å². The van der Waals surface area contributed by atoms with Crippen molar-refractivity contribution in [2.75, 3.05) is 4.90 Å². The lowest BCUT2D eigenvalue weighted by Gasteiger charge is -2.12. The topological polar surface area (TPSA) is 57.6 Å². The third kappa shape index (κ3) is 3.26. The first-order chi connectivity index (χ1) is 11.4. The van der Waals surface area contributed by atoms with Gasteiger partial charge in [0.05, 0.1) is 15.6 Å².